The Labute approximate surface area is 115 Å². The van der Waals surface area contributed by atoms with Crippen LogP contribution in [0.4, 0.5) is 4.39 Å². The van der Waals surface area contributed by atoms with E-state index in [4.69, 9.17) is 17.3 Å². The van der Waals surface area contributed by atoms with Crippen molar-refractivity contribution >= 4 is 11.6 Å². The van der Waals surface area contributed by atoms with Gasteiger partial charge in [-0.15, -0.1) is 0 Å². The lowest BCUT2D eigenvalue weighted by molar-refractivity contribution is 0.233. The zero-order chi connectivity index (χ0) is 13.9. The highest BCUT2D eigenvalue weighted by atomic mass is 35.5. The van der Waals surface area contributed by atoms with Crippen LogP contribution in [0.3, 0.4) is 0 Å². The molecule has 0 amide bonds. The van der Waals surface area contributed by atoms with Gasteiger partial charge in [0.15, 0.2) is 0 Å². The van der Waals surface area contributed by atoms with Gasteiger partial charge in [0, 0.05) is 6.04 Å². The van der Waals surface area contributed by atoms with Crippen LogP contribution in [-0.4, -0.2) is 6.04 Å². The van der Waals surface area contributed by atoms with E-state index in [-0.39, 0.29) is 22.3 Å². The minimum Gasteiger partial charge on any atom is -0.327 e. The summed E-state index contributed by atoms with van der Waals surface area (Å²) in [5.74, 6) is 0.162. The van der Waals surface area contributed by atoms with Crippen molar-refractivity contribution in [1.29, 1.82) is 0 Å². The molecular weight excluding hydrogens is 249 g/mol. The zero-order valence-electron chi connectivity index (χ0n) is 11.6. The first-order valence-corrected chi connectivity index (χ1v) is 6.77. The Hall–Kier alpha value is -0.600. The number of benzene rings is 1. The lowest BCUT2D eigenvalue weighted by atomic mass is 9.78. The minimum atomic E-state index is -0.370. The lowest BCUT2D eigenvalue weighted by Gasteiger charge is -2.29. The van der Waals surface area contributed by atoms with Gasteiger partial charge in [-0.1, -0.05) is 45.4 Å². The normalized spacial score (nSPS) is 15.5. The summed E-state index contributed by atoms with van der Waals surface area (Å²) in [7, 11) is 0. The number of hydrogen-bond donors (Lipinski definition) is 1. The molecule has 3 heteroatoms. The minimum absolute atomic E-state index is 0.0554. The molecule has 1 aromatic carbocycles. The van der Waals surface area contributed by atoms with E-state index in [1.165, 1.54) is 6.07 Å². The summed E-state index contributed by atoms with van der Waals surface area (Å²) < 4.78 is 13.3. The van der Waals surface area contributed by atoms with E-state index < -0.39 is 0 Å². The van der Waals surface area contributed by atoms with Crippen molar-refractivity contribution in [3.8, 4) is 0 Å². The fraction of sp³-hybridized carbons (Fsp3) is 0.600. The summed E-state index contributed by atoms with van der Waals surface area (Å²) in [6.07, 6.45) is 1.63. The van der Waals surface area contributed by atoms with Gasteiger partial charge in [-0.2, -0.15) is 0 Å². The average Bonchev–Trinajstić information content (AvgIpc) is 2.22. The molecule has 0 saturated carbocycles. The SMILES string of the molecule is CC(CC(N)Cc1ccc(Cl)c(F)c1)C(C)(C)C. The number of hydrogen-bond acceptors (Lipinski definition) is 1. The maximum Gasteiger partial charge on any atom is 0.142 e. The van der Waals surface area contributed by atoms with Gasteiger partial charge in [-0.25, -0.2) is 4.39 Å². The van der Waals surface area contributed by atoms with Gasteiger partial charge in [0.25, 0.3) is 0 Å². The lowest BCUT2D eigenvalue weighted by Crippen LogP contribution is -2.30. The van der Waals surface area contributed by atoms with E-state index >= 15 is 0 Å². The first kappa shape index (κ1) is 15.5. The van der Waals surface area contributed by atoms with E-state index in [0.717, 1.165) is 12.0 Å². The van der Waals surface area contributed by atoms with Crippen LogP contribution in [-0.2, 0) is 6.42 Å². The largest absolute Gasteiger partial charge is 0.327 e. The second kappa shape index (κ2) is 6.03. The molecule has 0 heterocycles. The van der Waals surface area contributed by atoms with Crippen molar-refractivity contribution in [1.82, 2.24) is 0 Å². The van der Waals surface area contributed by atoms with Gasteiger partial charge in [-0.05, 0) is 41.9 Å². The second-order valence-corrected chi connectivity index (χ2v) is 6.62. The molecule has 0 radical (unpaired) electrons. The van der Waals surface area contributed by atoms with Gasteiger partial charge >= 0.3 is 0 Å². The Morgan fingerprint density at radius 1 is 1.33 bits per heavy atom. The number of nitrogens with two attached hydrogens (primary N) is 1. The molecule has 2 unspecified atom stereocenters. The van der Waals surface area contributed by atoms with E-state index in [9.17, 15) is 4.39 Å². The summed E-state index contributed by atoms with van der Waals surface area (Å²) in [6.45, 7) is 8.85. The standard InChI is InChI=1S/C15H23ClFN/c1-10(15(2,3)4)7-12(18)8-11-5-6-13(16)14(17)9-11/h5-6,9-10,12H,7-8,18H2,1-4H3. The van der Waals surface area contributed by atoms with Crippen molar-refractivity contribution in [2.24, 2.45) is 17.1 Å². The van der Waals surface area contributed by atoms with Crippen LogP contribution in [0.15, 0.2) is 18.2 Å². The Bertz CT molecular complexity index is 398. The summed E-state index contributed by atoms with van der Waals surface area (Å²) in [5, 5.41) is 0.162. The third-order valence-corrected chi connectivity index (χ3v) is 3.92. The summed E-state index contributed by atoms with van der Waals surface area (Å²) in [5.41, 5.74) is 7.30. The van der Waals surface area contributed by atoms with E-state index in [2.05, 4.69) is 27.7 Å². The molecule has 18 heavy (non-hydrogen) atoms. The third-order valence-electron chi connectivity index (χ3n) is 3.62. The summed E-state index contributed by atoms with van der Waals surface area (Å²) in [6, 6.07) is 4.96. The highest BCUT2D eigenvalue weighted by Gasteiger charge is 2.22. The van der Waals surface area contributed by atoms with Gasteiger partial charge in [0.1, 0.15) is 5.82 Å². The fourth-order valence-corrected chi connectivity index (χ4v) is 1.98. The van der Waals surface area contributed by atoms with Crippen LogP contribution >= 0.6 is 11.6 Å². The fourth-order valence-electron chi connectivity index (χ4n) is 1.86. The monoisotopic (exact) mass is 271 g/mol. The maximum atomic E-state index is 13.3. The molecule has 0 saturated heterocycles. The van der Waals surface area contributed by atoms with E-state index in [0.29, 0.717) is 12.3 Å². The molecular formula is C15H23ClFN. The molecule has 1 aromatic rings. The Morgan fingerprint density at radius 3 is 2.44 bits per heavy atom. The van der Waals surface area contributed by atoms with Crippen LogP contribution in [0.2, 0.25) is 5.02 Å². The van der Waals surface area contributed by atoms with E-state index in [1.54, 1.807) is 6.07 Å². The predicted octanol–water partition coefficient (Wildman–Crippen LogP) is 4.42. The molecule has 2 atom stereocenters. The topological polar surface area (TPSA) is 26.0 Å². The average molecular weight is 272 g/mol. The molecule has 0 bridgehead atoms. The first-order valence-electron chi connectivity index (χ1n) is 6.39. The third kappa shape index (κ3) is 4.58. The van der Waals surface area contributed by atoms with Crippen LogP contribution < -0.4 is 5.73 Å². The smallest absolute Gasteiger partial charge is 0.142 e. The van der Waals surface area contributed by atoms with Crippen LogP contribution in [0.1, 0.15) is 39.7 Å². The Balaban J connectivity index is 2.59. The highest BCUT2D eigenvalue weighted by Crippen LogP contribution is 2.29. The number of halogens is 2. The van der Waals surface area contributed by atoms with Crippen LogP contribution in [0.5, 0.6) is 0 Å². The number of rotatable bonds is 4. The van der Waals surface area contributed by atoms with Gasteiger partial charge in [-0.3, -0.25) is 0 Å². The molecule has 0 aliphatic carbocycles. The molecule has 0 aliphatic heterocycles. The molecule has 0 aliphatic rings. The second-order valence-electron chi connectivity index (χ2n) is 6.22. The molecule has 1 nitrogen and oxygen atoms in total. The highest BCUT2D eigenvalue weighted by molar-refractivity contribution is 6.30. The molecule has 0 aromatic heterocycles. The van der Waals surface area contributed by atoms with Crippen LogP contribution in [0.25, 0.3) is 0 Å². The van der Waals surface area contributed by atoms with Gasteiger partial charge in [0.2, 0.25) is 0 Å². The summed E-state index contributed by atoms with van der Waals surface area (Å²) >= 11 is 5.66. The Kier molecular flexibility index (Phi) is 5.18. The van der Waals surface area contributed by atoms with Crippen molar-refractivity contribution in [3.05, 3.63) is 34.6 Å². The van der Waals surface area contributed by atoms with Gasteiger partial charge < -0.3 is 5.73 Å². The molecule has 1 rings (SSSR count). The molecule has 2 N–H and O–H groups in total. The van der Waals surface area contributed by atoms with Crippen molar-refractivity contribution in [2.75, 3.05) is 0 Å². The van der Waals surface area contributed by atoms with Gasteiger partial charge in [0.05, 0.1) is 5.02 Å². The van der Waals surface area contributed by atoms with Crippen LogP contribution in [0, 0.1) is 17.2 Å². The predicted molar refractivity (Wildman–Crippen MR) is 76.3 cm³/mol. The van der Waals surface area contributed by atoms with Crippen molar-refractivity contribution in [2.45, 2.75) is 46.6 Å². The molecule has 0 fully saturated rings. The first-order chi connectivity index (χ1) is 8.20. The molecule has 102 valence electrons. The quantitative estimate of drug-likeness (QED) is 0.862. The zero-order valence-corrected chi connectivity index (χ0v) is 12.4. The van der Waals surface area contributed by atoms with Crippen molar-refractivity contribution < 1.29 is 4.39 Å². The van der Waals surface area contributed by atoms with Crippen molar-refractivity contribution in [3.63, 3.8) is 0 Å². The Morgan fingerprint density at radius 2 is 1.94 bits per heavy atom. The summed E-state index contributed by atoms with van der Waals surface area (Å²) in [4.78, 5) is 0. The molecule has 0 spiro atoms. The maximum absolute atomic E-state index is 13.3. The van der Waals surface area contributed by atoms with E-state index in [1.807, 2.05) is 6.07 Å².